The summed E-state index contributed by atoms with van der Waals surface area (Å²) in [5.41, 5.74) is 1.18. The van der Waals surface area contributed by atoms with Gasteiger partial charge in [-0.1, -0.05) is 37.3 Å². The maximum atomic E-state index is 10.4. The molecule has 0 bridgehead atoms. The normalized spacial score (nSPS) is 13.5. The molecule has 2 atom stereocenters. The molecule has 0 radical (unpaired) electrons. The maximum absolute atomic E-state index is 10.4. The first-order valence-electron chi connectivity index (χ1n) is 8.85. The molecule has 0 spiro atoms. The van der Waals surface area contributed by atoms with Crippen molar-refractivity contribution in [3.63, 3.8) is 0 Å². The van der Waals surface area contributed by atoms with Gasteiger partial charge in [0.05, 0.1) is 7.11 Å². The molecule has 0 aromatic heterocycles. The first-order valence-corrected chi connectivity index (χ1v) is 8.85. The van der Waals surface area contributed by atoms with Gasteiger partial charge in [0, 0.05) is 19.1 Å². The van der Waals surface area contributed by atoms with Crippen LogP contribution < -0.4 is 9.47 Å². The van der Waals surface area contributed by atoms with Gasteiger partial charge in [0.25, 0.3) is 0 Å². The molecule has 0 aliphatic rings. The van der Waals surface area contributed by atoms with Crippen LogP contribution in [0, 0.1) is 0 Å². The Morgan fingerprint density at radius 3 is 2.44 bits per heavy atom. The lowest BCUT2D eigenvalue weighted by Crippen LogP contribution is -2.40. The van der Waals surface area contributed by atoms with E-state index in [1.807, 2.05) is 48.5 Å². The number of hydrogen-bond acceptors (Lipinski definition) is 4. The number of aliphatic hydroxyl groups is 1. The molecule has 1 N–H and O–H groups in total. The van der Waals surface area contributed by atoms with Gasteiger partial charge in [-0.2, -0.15) is 0 Å². The predicted octanol–water partition coefficient (Wildman–Crippen LogP) is 3.74. The van der Waals surface area contributed by atoms with E-state index in [0.29, 0.717) is 12.6 Å². The molecule has 0 saturated carbocycles. The summed E-state index contributed by atoms with van der Waals surface area (Å²) in [4.78, 5) is 2.29. The van der Waals surface area contributed by atoms with Crippen molar-refractivity contribution in [3.05, 3.63) is 60.2 Å². The van der Waals surface area contributed by atoms with Gasteiger partial charge in [0.15, 0.2) is 0 Å². The summed E-state index contributed by atoms with van der Waals surface area (Å²) >= 11 is 0. The summed E-state index contributed by atoms with van der Waals surface area (Å²) in [6.45, 7) is 5.98. The molecule has 0 saturated heterocycles. The zero-order valence-electron chi connectivity index (χ0n) is 15.4. The minimum Gasteiger partial charge on any atom is -0.497 e. The van der Waals surface area contributed by atoms with Crippen molar-refractivity contribution < 1.29 is 14.6 Å². The van der Waals surface area contributed by atoms with Gasteiger partial charge < -0.3 is 14.6 Å². The molecular formula is C21H29NO3. The highest BCUT2D eigenvalue weighted by atomic mass is 16.5. The number of methoxy groups -OCH3 is 1. The van der Waals surface area contributed by atoms with Gasteiger partial charge in [-0.05, 0) is 43.2 Å². The van der Waals surface area contributed by atoms with Crippen LogP contribution in [0.2, 0.25) is 0 Å². The first-order chi connectivity index (χ1) is 12.1. The van der Waals surface area contributed by atoms with E-state index in [0.717, 1.165) is 24.5 Å². The Hall–Kier alpha value is -2.04. The molecule has 0 amide bonds. The average molecular weight is 343 g/mol. The Labute approximate surface area is 151 Å². The van der Waals surface area contributed by atoms with Crippen LogP contribution in [0.3, 0.4) is 0 Å². The van der Waals surface area contributed by atoms with Crippen LogP contribution in [-0.2, 0) is 6.54 Å². The molecule has 4 nitrogen and oxygen atoms in total. The number of hydrogen-bond donors (Lipinski definition) is 1. The molecule has 2 rings (SSSR count). The summed E-state index contributed by atoms with van der Waals surface area (Å²) < 4.78 is 11.0. The van der Waals surface area contributed by atoms with E-state index in [1.165, 1.54) is 5.56 Å². The number of rotatable bonds is 10. The SMILES string of the molecule is CC[C@H](C)N(Cc1cccc(OC)c1)C[C@H](O)COc1ccccc1. The molecule has 0 unspecified atom stereocenters. The Bertz CT molecular complexity index is 618. The number of nitrogens with zero attached hydrogens (tertiary/aromatic N) is 1. The summed E-state index contributed by atoms with van der Waals surface area (Å²) in [7, 11) is 1.68. The summed E-state index contributed by atoms with van der Waals surface area (Å²) in [6.07, 6.45) is 0.482. The van der Waals surface area contributed by atoms with Crippen molar-refractivity contribution in [3.8, 4) is 11.5 Å². The topological polar surface area (TPSA) is 41.9 Å². The third kappa shape index (κ3) is 6.40. The molecule has 0 fully saturated rings. The molecule has 0 aliphatic heterocycles. The lowest BCUT2D eigenvalue weighted by molar-refractivity contribution is 0.0506. The van der Waals surface area contributed by atoms with Gasteiger partial charge in [-0.25, -0.2) is 0 Å². The van der Waals surface area contributed by atoms with Crippen molar-refractivity contribution in [2.24, 2.45) is 0 Å². The van der Waals surface area contributed by atoms with E-state index in [2.05, 4.69) is 24.8 Å². The fraction of sp³-hybridized carbons (Fsp3) is 0.429. The third-order valence-corrected chi connectivity index (χ3v) is 4.36. The van der Waals surface area contributed by atoms with Crippen molar-refractivity contribution in [2.45, 2.75) is 39.0 Å². The second-order valence-corrected chi connectivity index (χ2v) is 6.32. The van der Waals surface area contributed by atoms with Crippen LogP contribution in [0.1, 0.15) is 25.8 Å². The number of ether oxygens (including phenoxy) is 2. The highest BCUT2D eigenvalue weighted by Gasteiger charge is 2.18. The van der Waals surface area contributed by atoms with E-state index in [4.69, 9.17) is 9.47 Å². The van der Waals surface area contributed by atoms with Gasteiger partial charge >= 0.3 is 0 Å². The van der Waals surface area contributed by atoms with Crippen LogP contribution in [0.5, 0.6) is 11.5 Å². The summed E-state index contributed by atoms with van der Waals surface area (Å²) in [5, 5.41) is 10.4. The minimum absolute atomic E-state index is 0.287. The fourth-order valence-corrected chi connectivity index (χ4v) is 2.70. The smallest absolute Gasteiger partial charge is 0.119 e. The predicted molar refractivity (Wildman–Crippen MR) is 101 cm³/mol. The fourth-order valence-electron chi connectivity index (χ4n) is 2.70. The van der Waals surface area contributed by atoms with Gasteiger partial charge in [-0.15, -0.1) is 0 Å². The average Bonchev–Trinajstić information content (AvgIpc) is 2.66. The molecular weight excluding hydrogens is 314 g/mol. The van der Waals surface area contributed by atoms with Gasteiger partial charge in [0.1, 0.15) is 24.2 Å². The minimum atomic E-state index is -0.542. The third-order valence-electron chi connectivity index (χ3n) is 4.36. The van der Waals surface area contributed by atoms with E-state index in [9.17, 15) is 5.11 Å². The molecule has 136 valence electrons. The Morgan fingerprint density at radius 2 is 1.76 bits per heavy atom. The van der Waals surface area contributed by atoms with Crippen molar-refractivity contribution >= 4 is 0 Å². The highest BCUT2D eigenvalue weighted by Crippen LogP contribution is 2.17. The van der Waals surface area contributed by atoms with Crippen LogP contribution in [-0.4, -0.2) is 42.4 Å². The first kappa shape index (κ1) is 19.3. The quantitative estimate of drug-likeness (QED) is 0.714. The van der Waals surface area contributed by atoms with Crippen molar-refractivity contribution in [1.82, 2.24) is 4.90 Å². The van der Waals surface area contributed by atoms with Crippen LogP contribution in [0.4, 0.5) is 0 Å². The highest BCUT2D eigenvalue weighted by molar-refractivity contribution is 5.28. The van der Waals surface area contributed by atoms with Crippen LogP contribution >= 0.6 is 0 Å². The molecule has 25 heavy (non-hydrogen) atoms. The van der Waals surface area contributed by atoms with E-state index < -0.39 is 6.10 Å². The van der Waals surface area contributed by atoms with Crippen LogP contribution in [0.15, 0.2) is 54.6 Å². The Kier molecular flexibility index (Phi) is 7.76. The second-order valence-electron chi connectivity index (χ2n) is 6.32. The molecule has 2 aromatic rings. The molecule has 4 heteroatoms. The Morgan fingerprint density at radius 1 is 1.04 bits per heavy atom. The molecule has 0 heterocycles. The lowest BCUT2D eigenvalue weighted by Gasteiger charge is -2.30. The van der Waals surface area contributed by atoms with Crippen molar-refractivity contribution in [1.29, 1.82) is 0 Å². The second kappa shape index (κ2) is 10.1. The van der Waals surface area contributed by atoms with Crippen molar-refractivity contribution in [2.75, 3.05) is 20.3 Å². The number of benzene rings is 2. The van der Waals surface area contributed by atoms with E-state index in [-0.39, 0.29) is 6.61 Å². The Balaban J connectivity index is 1.94. The monoisotopic (exact) mass is 343 g/mol. The van der Waals surface area contributed by atoms with E-state index in [1.54, 1.807) is 7.11 Å². The number of para-hydroxylation sites is 1. The van der Waals surface area contributed by atoms with Crippen LogP contribution in [0.25, 0.3) is 0 Å². The van der Waals surface area contributed by atoms with E-state index >= 15 is 0 Å². The van der Waals surface area contributed by atoms with Gasteiger partial charge in [0.2, 0.25) is 0 Å². The standard InChI is InChI=1S/C21H29NO3/c1-4-17(2)22(14-18-9-8-12-21(13-18)24-3)15-19(23)16-25-20-10-6-5-7-11-20/h5-13,17,19,23H,4,14-16H2,1-3H3/t17-,19-/m0/s1. The molecule has 0 aliphatic carbocycles. The zero-order chi connectivity index (χ0) is 18.1. The summed E-state index contributed by atoms with van der Waals surface area (Å²) in [6, 6.07) is 18.0. The van der Waals surface area contributed by atoms with Gasteiger partial charge in [-0.3, -0.25) is 4.90 Å². The lowest BCUT2D eigenvalue weighted by atomic mass is 10.1. The zero-order valence-corrected chi connectivity index (χ0v) is 15.4. The maximum Gasteiger partial charge on any atom is 0.119 e. The molecule has 2 aromatic carbocycles. The summed E-state index contributed by atoms with van der Waals surface area (Å²) in [5.74, 6) is 1.64. The number of aliphatic hydroxyl groups excluding tert-OH is 1. The largest absolute Gasteiger partial charge is 0.497 e.